The molecule has 0 bridgehead atoms. The lowest BCUT2D eigenvalue weighted by Crippen LogP contribution is -2.32. The third-order valence-electron chi connectivity index (χ3n) is 3.35. The number of nitrogens with zero attached hydrogens (tertiary/aromatic N) is 2. The summed E-state index contributed by atoms with van der Waals surface area (Å²) in [5.74, 6) is 0.262. The van der Waals surface area contributed by atoms with Crippen molar-refractivity contribution in [1.82, 2.24) is 4.98 Å². The number of hydrogen-bond acceptors (Lipinski definition) is 4. The first-order valence-corrected chi connectivity index (χ1v) is 7.38. The second-order valence-corrected chi connectivity index (χ2v) is 5.26. The first kappa shape index (κ1) is 16.0. The lowest BCUT2D eigenvalue weighted by molar-refractivity contribution is -0.117. The van der Waals surface area contributed by atoms with Crippen LogP contribution in [0.5, 0.6) is 0 Å². The molecule has 0 radical (unpaired) electrons. The highest BCUT2D eigenvalue weighted by Gasteiger charge is 2.10. The van der Waals surface area contributed by atoms with Crippen molar-refractivity contribution in [3.05, 3.63) is 48.2 Å². The minimum Gasteiger partial charge on any atom is -0.341 e. The molecule has 2 rings (SSSR count). The molecule has 2 aromatic rings. The summed E-state index contributed by atoms with van der Waals surface area (Å²) in [4.78, 5) is 18.0. The summed E-state index contributed by atoms with van der Waals surface area (Å²) in [5, 5.41) is 2.68. The summed E-state index contributed by atoms with van der Waals surface area (Å²) in [7, 11) is 0. The van der Waals surface area contributed by atoms with Gasteiger partial charge in [-0.2, -0.15) is 0 Å². The molecule has 0 spiro atoms. The normalized spacial score (nSPS) is 11.8. The van der Waals surface area contributed by atoms with Gasteiger partial charge in [-0.05, 0) is 50.6 Å². The molecule has 0 aliphatic carbocycles. The highest BCUT2D eigenvalue weighted by molar-refractivity contribution is 5.93. The molecule has 0 saturated heterocycles. The first-order valence-electron chi connectivity index (χ1n) is 7.38. The van der Waals surface area contributed by atoms with Crippen molar-refractivity contribution in [2.45, 2.75) is 26.8 Å². The fourth-order valence-corrected chi connectivity index (χ4v) is 2.17. The van der Waals surface area contributed by atoms with Crippen LogP contribution >= 0.6 is 0 Å². The number of carbonyl (C=O) groups is 1. The standard InChI is InChI=1S/C17H22N4O/c1-4-21(14-7-5-6-12(2)10-14)15-8-9-16(19-11-15)20-17(22)13(3)18/h5-11,13H,4,18H2,1-3H3,(H,19,20,22). The van der Waals surface area contributed by atoms with Crippen LogP contribution in [-0.2, 0) is 4.79 Å². The number of pyridine rings is 1. The summed E-state index contributed by atoms with van der Waals surface area (Å²) in [6, 6.07) is 11.5. The van der Waals surface area contributed by atoms with Crippen molar-refractivity contribution in [1.29, 1.82) is 0 Å². The Morgan fingerprint density at radius 3 is 2.64 bits per heavy atom. The van der Waals surface area contributed by atoms with Gasteiger partial charge in [0.1, 0.15) is 5.82 Å². The molecule has 3 N–H and O–H groups in total. The smallest absolute Gasteiger partial charge is 0.242 e. The Bertz CT molecular complexity index is 637. The Labute approximate surface area is 131 Å². The number of rotatable bonds is 5. The van der Waals surface area contributed by atoms with Gasteiger partial charge in [0.25, 0.3) is 0 Å². The average molecular weight is 298 g/mol. The molecular weight excluding hydrogens is 276 g/mol. The number of amides is 1. The fourth-order valence-electron chi connectivity index (χ4n) is 2.17. The second kappa shape index (κ2) is 7.04. The van der Waals surface area contributed by atoms with Crippen LogP contribution < -0.4 is 16.0 Å². The van der Waals surface area contributed by atoms with E-state index in [0.29, 0.717) is 5.82 Å². The topological polar surface area (TPSA) is 71.2 Å². The number of anilines is 3. The second-order valence-electron chi connectivity index (χ2n) is 5.26. The minimum atomic E-state index is -0.555. The Balaban J connectivity index is 2.19. The van der Waals surface area contributed by atoms with Crippen molar-refractivity contribution in [3.63, 3.8) is 0 Å². The first-order chi connectivity index (χ1) is 10.5. The van der Waals surface area contributed by atoms with Crippen LogP contribution in [0, 0.1) is 6.92 Å². The molecule has 1 heterocycles. The van der Waals surface area contributed by atoms with Crippen molar-refractivity contribution < 1.29 is 4.79 Å². The van der Waals surface area contributed by atoms with Crippen LogP contribution in [-0.4, -0.2) is 23.5 Å². The maximum absolute atomic E-state index is 11.6. The molecule has 5 heteroatoms. The SMILES string of the molecule is CCN(c1ccc(NC(=O)C(C)N)nc1)c1cccc(C)c1. The Morgan fingerprint density at radius 2 is 2.09 bits per heavy atom. The van der Waals surface area contributed by atoms with Crippen LogP contribution in [0.2, 0.25) is 0 Å². The van der Waals surface area contributed by atoms with Crippen LogP contribution in [0.3, 0.4) is 0 Å². The van der Waals surface area contributed by atoms with E-state index in [4.69, 9.17) is 5.73 Å². The van der Waals surface area contributed by atoms with E-state index in [-0.39, 0.29) is 5.91 Å². The minimum absolute atomic E-state index is 0.244. The molecule has 1 aromatic heterocycles. The van der Waals surface area contributed by atoms with Gasteiger partial charge in [0, 0.05) is 12.2 Å². The van der Waals surface area contributed by atoms with E-state index >= 15 is 0 Å². The highest BCUT2D eigenvalue weighted by atomic mass is 16.2. The third-order valence-corrected chi connectivity index (χ3v) is 3.35. The van der Waals surface area contributed by atoms with Gasteiger partial charge in [0.05, 0.1) is 17.9 Å². The van der Waals surface area contributed by atoms with Crippen molar-refractivity contribution >= 4 is 23.1 Å². The lowest BCUT2D eigenvalue weighted by Gasteiger charge is -2.23. The van der Waals surface area contributed by atoms with Gasteiger partial charge >= 0.3 is 0 Å². The molecule has 1 atom stereocenters. The number of nitrogens with two attached hydrogens (primary N) is 1. The highest BCUT2D eigenvalue weighted by Crippen LogP contribution is 2.25. The quantitative estimate of drug-likeness (QED) is 0.890. The number of carbonyl (C=O) groups excluding carboxylic acids is 1. The summed E-state index contributed by atoms with van der Waals surface area (Å²) in [6.07, 6.45) is 1.75. The Kier molecular flexibility index (Phi) is 5.12. The Morgan fingerprint density at radius 1 is 1.32 bits per heavy atom. The van der Waals surface area contributed by atoms with Crippen LogP contribution in [0.15, 0.2) is 42.6 Å². The fraction of sp³-hybridized carbons (Fsp3) is 0.294. The van der Waals surface area contributed by atoms with E-state index in [1.54, 1.807) is 19.2 Å². The van der Waals surface area contributed by atoms with Gasteiger partial charge in [0.2, 0.25) is 5.91 Å². The van der Waals surface area contributed by atoms with Crippen molar-refractivity contribution in [2.75, 3.05) is 16.8 Å². The van der Waals surface area contributed by atoms with Gasteiger partial charge in [-0.3, -0.25) is 4.79 Å². The van der Waals surface area contributed by atoms with Gasteiger partial charge < -0.3 is 16.0 Å². The number of hydrogen-bond donors (Lipinski definition) is 2. The number of nitrogens with one attached hydrogen (secondary N) is 1. The van der Waals surface area contributed by atoms with Crippen molar-refractivity contribution in [3.8, 4) is 0 Å². The lowest BCUT2D eigenvalue weighted by atomic mass is 10.2. The molecule has 5 nitrogen and oxygen atoms in total. The van der Waals surface area contributed by atoms with Gasteiger partial charge in [-0.1, -0.05) is 12.1 Å². The largest absolute Gasteiger partial charge is 0.341 e. The monoisotopic (exact) mass is 298 g/mol. The van der Waals surface area contributed by atoms with Crippen molar-refractivity contribution in [2.24, 2.45) is 5.73 Å². The molecule has 1 aromatic carbocycles. The molecular formula is C17H22N4O. The zero-order valence-electron chi connectivity index (χ0n) is 13.2. The zero-order chi connectivity index (χ0) is 16.1. The predicted octanol–water partition coefficient (Wildman–Crippen LogP) is 2.83. The predicted molar refractivity (Wildman–Crippen MR) is 90.4 cm³/mol. The number of aryl methyl sites for hydroxylation is 1. The van der Waals surface area contributed by atoms with Crippen LogP contribution in [0.25, 0.3) is 0 Å². The summed E-state index contributed by atoms with van der Waals surface area (Å²) in [5.41, 5.74) is 8.84. The third kappa shape index (κ3) is 3.83. The molecule has 116 valence electrons. The molecule has 0 aliphatic rings. The summed E-state index contributed by atoms with van der Waals surface area (Å²) >= 11 is 0. The van der Waals surface area contributed by atoms with E-state index < -0.39 is 6.04 Å². The van der Waals surface area contributed by atoms with Gasteiger partial charge in [0.15, 0.2) is 0 Å². The number of aromatic nitrogens is 1. The van der Waals surface area contributed by atoms with Gasteiger partial charge in [-0.25, -0.2) is 4.98 Å². The maximum Gasteiger partial charge on any atom is 0.242 e. The molecule has 0 fully saturated rings. The van der Waals surface area contributed by atoms with E-state index in [9.17, 15) is 4.79 Å². The average Bonchev–Trinajstić information content (AvgIpc) is 2.49. The summed E-state index contributed by atoms with van der Waals surface area (Å²) in [6.45, 7) is 6.63. The van der Waals surface area contributed by atoms with E-state index in [0.717, 1.165) is 17.9 Å². The molecule has 1 amide bonds. The Hall–Kier alpha value is -2.40. The van der Waals surface area contributed by atoms with E-state index in [1.807, 2.05) is 12.1 Å². The van der Waals surface area contributed by atoms with Gasteiger partial charge in [-0.15, -0.1) is 0 Å². The molecule has 22 heavy (non-hydrogen) atoms. The van der Waals surface area contributed by atoms with Crippen LogP contribution in [0.1, 0.15) is 19.4 Å². The molecule has 0 aliphatic heterocycles. The van der Waals surface area contributed by atoms with E-state index in [1.165, 1.54) is 5.56 Å². The molecule has 0 saturated carbocycles. The zero-order valence-corrected chi connectivity index (χ0v) is 13.2. The summed E-state index contributed by atoms with van der Waals surface area (Å²) < 4.78 is 0. The maximum atomic E-state index is 11.6. The van der Waals surface area contributed by atoms with E-state index in [2.05, 4.69) is 47.2 Å². The number of benzene rings is 1. The van der Waals surface area contributed by atoms with Crippen LogP contribution in [0.4, 0.5) is 17.2 Å². The molecule has 1 unspecified atom stereocenters.